The molecular weight excluding hydrogens is 509 g/mol. The van der Waals surface area contributed by atoms with Crippen LogP contribution in [-0.4, -0.2) is 27.2 Å². The summed E-state index contributed by atoms with van der Waals surface area (Å²) in [4.78, 5) is 4.29. The average molecular weight is 534 g/mol. The van der Waals surface area contributed by atoms with Crippen LogP contribution in [0.2, 0.25) is 0 Å². The minimum Gasteiger partial charge on any atom is -0.493 e. The first kappa shape index (κ1) is 22.6. The van der Waals surface area contributed by atoms with Crippen LogP contribution in [0.5, 0.6) is 11.5 Å². The molecule has 5 nitrogen and oxygen atoms in total. The first-order valence-corrected chi connectivity index (χ1v) is 8.80. The molecule has 0 heterocycles. The third-order valence-electron chi connectivity index (χ3n) is 3.83. The van der Waals surface area contributed by atoms with Crippen LogP contribution in [0, 0.1) is 0 Å². The molecule has 0 aliphatic rings. The molecule has 0 fully saturated rings. The number of ether oxygens (including phenoxy) is 2. The molecule has 0 aliphatic carbocycles. The van der Waals surface area contributed by atoms with Gasteiger partial charge in [-0.3, -0.25) is 4.99 Å². The van der Waals surface area contributed by atoms with E-state index in [1.54, 1.807) is 21.3 Å². The number of hydrogen-bond donors (Lipinski definition) is 2. The SMILES string of the molecule is CN=C(NCc1cc(Br)c(OC)c(OC)c1)NC(C)c1ccccc1.I. The zero-order chi connectivity index (χ0) is 18.2. The van der Waals surface area contributed by atoms with Gasteiger partial charge in [0.25, 0.3) is 0 Å². The van der Waals surface area contributed by atoms with Crippen molar-refractivity contribution < 1.29 is 9.47 Å². The van der Waals surface area contributed by atoms with Crippen molar-refractivity contribution in [3.05, 3.63) is 58.1 Å². The zero-order valence-electron chi connectivity index (χ0n) is 15.4. The molecule has 0 aliphatic heterocycles. The van der Waals surface area contributed by atoms with Gasteiger partial charge in [0.2, 0.25) is 0 Å². The maximum absolute atomic E-state index is 5.38. The lowest BCUT2D eigenvalue weighted by Crippen LogP contribution is -2.38. The fourth-order valence-corrected chi connectivity index (χ4v) is 3.14. The Morgan fingerprint density at radius 2 is 1.85 bits per heavy atom. The van der Waals surface area contributed by atoms with Crippen molar-refractivity contribution in [1.82, 2.24) is 10.6 Å². The van der Waals surface area contributed by atoms with Gasteiger partial charge in [-0.15, -0.1) is 24.0 Å². The van der Waals surface area contributed by atoms with Crippen LogP contribution in [0.4, 0.5) is 0 Å². The lowest BCUT2D eigenvalue weighted by molar-refractivity contribution is 0.352. The number of methoxy groups -OCH3 is 2. The quantitative estimate of drug-likeness (QED) is 0.326. The molecule has 2 rings (SSSR count). The Bertz CT molecular complexity index is 726. The average Bonchev–Trinajstić information content (AvgIpc) is 2.65. The van der Waals surface area contributed by atoms with E-state index in [0.717, 1.165) is 16.0 Å². The molecule has 1 atom stereocenters. The Morgan fingerprint density at radius 3 is 2.42 bits per heavy atom. The van der Waals surface area contributed by atoms with Gasteiger partial charge in [-0.2, -0.15) is 0 Å². The van der Waals surface area contributed by atoms with Crippen molar-refractivity contribution >= 4 is 45.9 Å². The summed E-state index contributed by atoms with van der Waals surface area (Å²) >= 11 is 3.52. The Morgan fingerprint density at radius 1 is 1.15 bits per heavy atom. The van der Waals surface area contributed by atoms with E-state index in [9.17, 15) is 0 Å². The van der Waals surface area contributed by atoms with E-state index < -0.39 is 0 Å². The Balaban J connectivity index is 0.00000338. The van der Waals surface area contributed by atoms with E-state index in [0.29, 0.717) is 18.0 Å². The first-order chi connectivity index (χ1) is 12.1. The second-order valence-electron chi connectivity index (χ2n) is 5.52. The summed E-state index contributed by atoms with van der Waals surface area (Å²) in [7, 11) is 5.01. The summed E-state index contributed by atoms with van der Waals surface area (Å²) in [6, 6.07) is 14.4. The second kappa shape index (κ2) is 11.3. The predicted molar refractivity (Wildman–Crippen MR) is 121 cm³/mol. The standard InChI is InChI=1S/C19H24BrN3O2.HI/c1-13(15-8-6-5-7-9-15)23-19(21-2)22-12-14-10-16(20)18(25-4)17(11-14)24-3;/h5-11,13H,12H2,1-4H3,(H2,21,22,23);1H. The molecule has 1 unspecified atom stereocenters. The van der Waals surface area contributed by atoms with Crippen LogP contribution in [-0.2, 0) is 6.54 Å². The highest BCUT2D eigenvalue weighted by Gasteiger charge is 2.11. The predicted octanol–water partition coefficient (Wildman–Crippen LogP) is 4.51. The van der Waals surface area contributed by atoms with E-state index in [4.69, 9.17) is 9.47 Å². The summed E-state index contributed by atoms with van der Waals surface area (Å²) in [5.74, 6) is 2.11. The Kier molecular flexibility index (Phi) is 9.79. The van der Waals surface area contributed by atoms with Gasteiger partial charge >= 0.3 is 0 Å². The molecule has 2 aromatic carbocycles. The van der Waals surface area contributed by atoms with Crippen molar-refractivity contribution in [2.75, 3.05) is 21.3 Å². The lowest BCUT2D eigenvalue weighted by Gasteiger charge is -2.19. The third kappa shape index (κ3) is 6.05. The van der Waals surface area contributed by atoms with Crippen LogP contribution >= 0.6 is 39.9 Å². The molecule has 0 bridgehead atoms. The van der Waals surface area contributed by atoms with Gasteiger partial charge in [-0.25, -0.2) is 0 Å². The third-order valence-corrected chi connectivity index (χ3v) is 4.42. The molecule has 0 saturated heterocycles. The summed E-state index contributed by atoms with van der Waals surface area (Å²) < 4.78 is 11.6. The fraction of sp³-hybridized carbons (Fsp3) is 0.316. The van der Waals surface area contributed by atoms with Crippen molar-refractivity contribution in [1.29, 1.82) is 0 Å². The van der Waals surface area contributed by atoms with Crippen LogP contribution in [0.1, 0.15) is 24.1 Å². The molecule has 2 N–H and O–H groups in total. The summed E-state index contributed by atoms with van der Waals surface area (Å²) in [5.41, 5.74) is 2.26. The smallest absolute Gasteiger partial charge is 0.191 e. The van der Waals surface area contributed by atoms with E-state index >= 15 is 0 Å². The number of hydrogen-bond acceptors (Lipinski definition) is 3. The normalized spacial score (nSPS) is 12.0. The van der Waals surface area contributed by atoms with Gasteiger partial charge < -0.3 is 20.1 Å². The van der Waals surface area contributed by atoms with Crippen molar-refractivity contribution in [2.45, 2.75) is 19.5 Å². The summed E-state index contributed by atoms with van der Waals surface area (Å²) in [5, 5.41) is 6.71. The number of nitrogens with one attached hydrogen (secondary N) is 2. The molecule has 2 aromatic rings. The van der Waals surface area contributed by atoms with Crippen LogP contribution in [0.25, 0.3) is 0 Å². The molecule has 142 valence electrons. The molecule has 0 spiro atoms. The van der Waals surface area contributed by atoms with Gasteiger partial charge in [0.15, 0.2) is 17.5 Å². The minimum atomic E-state index is 0. The Labute approximate surface area is 180 Å². The number of rotatable bonds is 6. The maximum atomic E-state index is 5.38. The molecule has 0 saturated carbocycles. The van der Waals surface area contributed by atoms with E-state index in [1.165, 1.54) is 5.56 Å². The minimum absolute atomic E-state index is 0. The van der Waals surface area contributed by atoms with Crippen LogP contribution in [0.15, 0.2) is 51.9 Å². The lowest BCUT2D eigenvalue weighted by atomic mass is 10.1. The fourth-order valence-electron chi connectivity index (χ4n) is 2.48. The van der Waals surface area contributed by atoms with Crippen molar-refractivity contribution in [2.24, 2.45) is 4.99 Å². The number of aliphatic imine (C=N–C) groups is 1. The van der Waals surface area contributed by atoms with Gasteiger partial charge in [-0.1, -0.05) is 30.3 Å². The van der Waals surface area contributed by atoms with E-state index in [2.05, 4.69) is 50.6 Å². The topological polar surface area (TPSA) is 54.9 Å². The van der Waals surface area contributed by atoms with Gasteiger partial charge in [-0.05, 0) is 46.1 Å². The van der Waals surface area contributed by atoms with Gasteiger partial charge in [0, 0.05) is 13.6 Å². The molecular formula is C19H25BrIN3O2. The summed E-state index contributed by atoms with van der Waals surface area (Å²) in [6.07, 6.45) is 0. The number of halogens is 2. The molecule has 0 amide bonds. The summed E-state index contributed by atoms with van der Waals surface area (Å²) in [6.45, 7) is 2.72. The van der Waals surface area contributed by atoms with Crippen molar-refractivity contribution in [3.63, 3.8) is 0 Å². The molecule has 0 aromatic heterocycles. The van der Waals surface area contributed by atoms with Gasteiger partial charge in [0.05, 0.1) is 24.7 Å². The van der Waals surface area contributed by atoms with E-state index in [1.807, 2.05) is 30.3 Å². The largest absolute Gasteiger partial charge is 0.493 e. The highest BCUT2D eigenvalue weighted by Crippen LogP contribution is 2.36. The van der Waals surface area contributed by atoms with Crippen molar-refractivity contribution in [3.8, 4) is 11.5 Å². The molecule has 26 heavy (non-hydrogen) atoms. The zero-order valence-corrected chi connectivity index (χ0v) is 19.3. The highest BCUT2D eigenvalue weighted by atomic mass is 127. The Hall–Kier alpha value is -1.48. The second-order valence-corrected chi connectivity index (χ2v) is 6.37. The van der Waals surface area contributed by atoms with Gasteiger partial charge in [0.1, 0.15) is 0 Å². The van der Waals surface area contributed by atoms with Crippen LogP contribution < -0.4 is 20.1 Å². The first-order valence-electron chi connectivity index (χ1n) is 8.01. The molecule has 7 heteroatoms. The number of guanidine groups is 1. The molecule has 0 radical (unpaired) electrons. The number of benzene rings is 2. The number of nitrogens with zero attached hydrogens (tertiary/aromatic N) is 1. The maximum Gasteiger partial charge on any atom is 0.191 e. The van der Waals surface area contributed by atoms with Crippen LogP contribution in [0.3, 0.4) is 0 Å². The monoisotopic (exact) mass is 533 g/mol. The van der Waals surface area contributed by atoms with E-state index in [-0.39, 0.29) is 30.0 Å². The highest BCUT2D eigenvalue weighted by molar-refractivity contribution is 14.0.